The molecule has 1 heterocycles. The minimum absolute atomic E-state index is 0.0211. The first-order valence-corrected chi connectivity index (χ1v) is 8.15. The van der Waals surface area contributed by atoms with E-state index in [9.17, 15) is 13.2 Å². The van der Waals surface area contributed by atoms with E-state index in [1.54, 1.807) is 11.9 Å². The van der Waals surface area contributed by atoms with Gasteiger partial charge in [-0.15, -0.1) is 11.3 Å². The van der Waals surface area contributed by atoms with E-state index in [4.69, 9.17) is 5.14 Å². The molecule has 0 aliphatic rings. The van der Waals surface area contributed by atoms with Gasteiger partial charge in [0, 0.05) is 19.0 Å². The fourth-order valence-corrected chi connectivity index (χ4v) is 3.08. The molecule has 0 fully saturated rings. The van der Waals surface area contributed by atoms with Crippen molar-refractivity contribution >= 4 is 27.3 Å². The van der Waals surface area contributed by atoms with Gasteiger partial charge in [0.15, 0.2) is 0 Å². The smallest absolute Gasteiger partial charge is 0.254 e. The molecular weight excluding hydrogens is 272 g/mol. The van der Waals surface area contributed by atoms with Gasteiger partial charge in [-0.1, -0.05) is 19.8 Å². The Bertz CT molecular complexity index is 508. The third kappa shape index (κ3) is 4.08. The molecule has 0 unspecified atom stereocenters. The van der Waals surface area contributed by atoms with E-state index in [0.717, 1.165) is 30.6 Å². The normalized spacial score (nSPS) is 11.5. The molecule has 0 spiro atoms. The summed E-state index contributed by atoms with van der Waals surface area (Å²) in [5, 5.41) is 6.53. The first kappa shape index (κ1) is 15.1. The Hall–Kier alpha value is -0.920. The average molecular weight is 290 g/mol. The van der Waals surface area contributed by atoms with Crippen molar-refractivity contribution < 1.29 is 13.2 Å². The van der Waals surface area contributed by atoms with Crippen LogP contribution in [0, 0.1) is 0 Å². The van der Waals surface area contributed by atoms with Crippen molar-refractivity contribution in [2.24, 2.45) is 5.14 Å². The Morgan fingerprint density at radius 1 is 1.44 bits per heavy atom. The molecule has 0 radical (unpaired) electrons. The van der Waals surface area contributed by atoms with Crippen LogP contribution in [0.2, 0.25) is 0 Å². The first-order chi connectivity index (χ1) is 8.36. The summed E-state index contributed by atoms with van der Waals surface area (Å²) in [6, 6.07) is 1.33. The number of nitrogens with zero attached hydrogens (tertiary/aromatic N) is 1. The molecule has 102 valence electrons. The summed E-state index contributed by atoms with van der Waals surface area (Å²) in [4.78, 5) is 13.6. The van der Waals surface area contributed by atoms with Crippen LogP contribution in [0.15, 0.2) is 15.7 Å². The van der Waals surface area contributed by atoms with Crippen LogP contribution >= 0.6 is 11.3 Å². The number of nitrogens with two attached hydrogens (primary N) is 1. The maximum Gasteiger partial charge on any atom is 0.254 e. The van der Waals surface area contributed by atoms with Gasteiger partial charge in [0.1, 0.15) is 4.21 Å². The number of carbonyl (C=O) groups excluding carboxylic acids is 1. The number of primary sulfonamides is 1. The van der Waals surface area contributed by atoms with Crippen LogP contribution < -0.4 is 5.14 Å². The lowest BCUT2D eigenvalue weighted by Gasteiger charge is -2.15. The predicted molar refractivity (Wildman–Crippen MR) is 72.2 cm³/mol. The van der Waals surface area contributed by atoms with E-state index in [1.165, 1.54) is 11.4 Å². The third-order valence-electron chi connectivity index (χ3n) is 2.55. The molecule has 18 heavy (non-hydrogen) atoms. The second-order valence-electron chi connectivity index (χ2n) is 4.13. The summed E-state index contributed by atoms with van der Waals surface area (Å²) in [7, 11) is -2.00. The van der Waals surface area contributed by atoms with E-state index in [2.05, 4.69) is 6.92 Å². The van der Waals surface area contributed by atoms with Gasteiger partial charge in [0.2, 0.25) is 10.0 Å². The van der Waals surface area contributed by atoms with Crippen LogP contribution in [0.5, 0.6) is 0 Å². The van der Waals surface area contributed by atoms with Gasteiger partial charge in [0.05, 0.1) is 5.56 Å². The summed E-state index contributed by atoms with van der Waals surface area (Å²) < 4.78 is 22.2. The number of rotatable bonds is 6. The molecule has 0 aromatic carbocycles. The van der Waals surface area contributed by atoms with Crippen molar-refractivity contribution in [2.45, 2.75) is 30.4 Å². The molecule has 1 amide bonds. The zero-order valence-electron chi connectivity index (χ0n) is 10.5. The number of carbonyl (C=O) groups is 1. The Morgan fingerprint density at radius 2 is 2.11 bits per heavy atom. The molecule has 1 aromatic heterocycles. The molecule has 0 saturated carbocycles. The number of amides is 1. The molecule has 0 saturated heterocycles. The van der Waals surface area contributed by atoms with Crippen LogP contribution in [-0.2, 0) is 10.0 Å². The maximum absolute atomic E-state index is 12.0. The number of hydrogen-bond acceptors (Lipinski definition) is 4. The highest BCUT2D eigenvalue weighted by atomic mass is 32.2. The Morgan fingerprint density at radius 3 is 2.61 bits per heavy atom. The number of unbranched alkanes of at least 4 members (excludes halogenated alkanes) is 2. The topological polar surface area (TPSA) is 80.5 Å². The van der Waals surface area contributed by atoms with Gasteiger partial charge < -0.3 is 4.90 Å². The van der Waals surface area contributed by atoms with Crippen molar-refractivity contribution in [1.29, 1.82) is 0 Å². The van der Waals surface area contributed by atoms with E-state index in [1.807, 2.05) is 0 Å². The molecule has 2 N–H and O–H groups in total. The second-order valence-corrected chi connectivity index (χ2v) is 6.83. The van der Waals surface area contributed by atoms with Crippen molar-refractivity contribution in [3.05, 3.63) is 17.0 Å². The zero-order valence-corrected chi connectivity index (χ0v) is 12.2. The van der Waals surface area contributed by atoms with E-state index in [0.29, 0.717) is 12.1 Å². The zero-order chi connectivity index (χ0) is 13.8. The fourth-order valence-electron chi connectivity index (χ4n) is 1.50. The largest absolute Gasteiger partial charge is 0.342 e. The van der Waals surface area contributed by atoms with Crippen LogP contribution in [0.4, 0.5) is 0 Å². The predicted octanol–water partition coefficient (Wildman–Crippen LogP) is 1.66. The quantitative estimate of drug-likeness (QED) is 0.809. The highest BCUT2D eigenvalue weighted by Crippen LogP contribution is 2.19. The van der Waals surface area contributed by atoms with E-state index >= 15 is 0 Å². The Kier molecular flexibility index (Phi) is 5.30. The standard InChI is InChI=1S/C11H18N2O3S2/c1-3-4-5-6-13(2)11(14)9-7-10(17-8-9)18(12,15)16/h7-8H,3-6H2,1-2H3,(H2,12,15,16). The number of hydrogen-bond donors (Lipinski definition) is 1. The molecule has 0 atom stereocenters. The van der Waals surface area contributed by atoms with Crippen LogP contribution in [0.3, 0.4) is 0 Å². The molecular formula is C11H18N2O3S2. The summed E-state index contributed by atoms with van der Waals surface area (Å²) in [5.74, 6) is -0.169. The van der Waals surface area contributed by atoms with Crippen LogP contribution in [0.1, 0.15) is 36.5 Å². The third-order valence-corrected chi connectivity index (χ3v) is 4.93. The molecule has 1 rings (SSSR count). The first-order valence-electron chi connectivity index (χ1n) is 5.73. The SMILES string of the molecule is CCCCCN(C)C(=O)c1csc(S(N)(=O)=O)c1. The fraction of sp³-hybridized carbons (Fsp3) is 0.545. The van der Waals surface area contributed by atoms with Gasteiger partial charge in [-0.05, 0) is 12.5 Å². The van der Waals surface area contributed by atoms with Gasteiger partial charge in [-0.25, -0.2) is 13.6 Å². The number of sulfonamides is 1. The molecule has 7 heteroatoms. The van der Waals surface area contributed by atoms with Gasteiger partial charge in [0.25, 0.3) is 5.91 Å². The van der Waals surface area contributed by atoms with Crippen LogP contribution in [0.25, 0.3) is 0 Å². The molecule has 0 bridgehead atoms. The minimum Gasteiger partial charge on any atom is -0.342 e. The van der Waals surface area contributed by atoms with Gasteiger partial charge in [-0.2, -0.15) is 0 Å². The monoisotopic (exact) mass is 290 g/mol. The van der Waals surface area contributed by atoms with Crippen molar-refractivity contribution in [1.82, 2.24) is 4.90 Å². The summed E-state index contributed by atoms with van der Waals surface area (Å²) in [5.41, 5.74) is 0.378. The summed E-state index contributed by atoms with van der Waals surface area (Å²) in [6.45, 7) is 2.77. The van der Waals surface area contributed by atoms with Crippen molar-refractivity contribution in [3.8, 4) is 0 Å². The van der Waals surface area contributed by atoms with Crippen molar-refractivity contribution in [2.75, 3.05) is 13.6 Å². The molecule has 5 nitrogen and oxygen atoms in total. The van der Waals surface area contributed by atoms with E-state index in [-0.39, 0.29) is 10.1 Å². The van der Waals surface area contributed by atoms with Gasteiger partial charge in [-0.3, -0.25) is 4.79 Å². The minimum atomic E-state index is -3.71. The van der Waals surface area contributed by atoms with Crippen LogP contribution in [-0.4, -0.2) is 32.8 Å². The Balaban J connectivity index is 2.70. The molecule has 1 aromatic rings. The summed E-state index contributed by atoms with van der Waals surface area (Å²) >= 11 is 0.970. The van der Waals surface area contributed by atoms with E-state index < -0.39 is 10.0 Å². The lowest BCUT2D eigenvalue weighted by Crippen LogP contribution is -2.27. The lowest BCUT2D eigenvalue weighted by molar-refractivity contribution is 0.0793. The second kappa shape index (κ2) is 6.31. The van der Waals surface area contributed by atoms with Gasteiger partial charge >= 0.3 is 0 Å². The summed E-state index contributed by atoms with van der Waals surface area (Å²) in [6.07, 6.45) is 3.12. The van der Waals surface area contributed by atoms with Crippen molar-refractivity contribution in [3.63, 3.8) is 0 Å². The highest BCUT2D eigenvalue weighted by Gasteiger charge is 2.17. The molecule has 0 aliphatic carbocycles. The maximum atomic E-state index is 12.0. The molecule has 0 aliphatic heterocycles. The highest BCUT2D eigenvalue weighted by molar-refractivity contribution is 7.91. The Labute approximate surface area is 112 Å². The number of thiophene rings is 1. The lowest BCUT2D eigenvalue weighted by atomic mass is 10.2. The average Bonchev–Trinajstić information content (AvgIpc) is 2.77.